The molecule has 1 aliphatic heterocycles. The van der Waals surface area contributed by atoms with E-state index in [0.29, 0.717) is 9.23 Å². The number of carbonyl (C=O) groups is 4. The Kier molecular flexibility index (Phi) is 7.91. The first-order valence-corrected chi connectivity index (χ1v) is 10.0. The van der Waals surface area contributed by atoms with Crippen molar-refractivity contribution >= 4 is 58.1 Å². The van der Waals surface area contributed by atoms with Gasteiger partial charge in [0.1, 0.15) is 10.4 Å². The number of carboxylic acid groups (broad SMARTS) is 1. The number of hydrogen-bond donors (Lipinski definition) is 3. The van der Waals surface area contributed by atoms with Crippen LogP contribution in [0.3, 0.4) is 0 Å². The van der Waals surface area contributed by atoms with Crippen LogP contribution < -0.4 is 11.1 Å². The van der Waals surface area contributed by atoms with Gasteiger partial charge in [-0.15, -0.1) is 0 Å². The summed E-state index contributed by atoms with van der Waals surface area (Å²) in [5.74, 6) is -2.76. The number of hydrogen-bond acceptors (Lipinski definition) is 6. The fourth-order valence-corrected chi connectivity index (χ4v) is 3.84. The minimum Gasteiger partial charge on any atom is -0.480 e. The maximum absolute atomic E-state index is 12.6. The summed E-state index contributed by atoms with van der Waals surface area (Å²) >= 11 is 6.39. The number of nitrogens with one attached hydrogen (secondary N) is 1. The molecule has 4 N–H and O–H groups in total. The van der Waals surface area contributed by atoms with Crippen LogP contribution in [0.2, 0.25) is 0 Å². The normalized spacial score (nSPS) is 16.2. The van der Waals surface area contributed by atoms with Gasteiger partial charge in [-0.05, 0) is 25.0 Å². The minimum absolute atomic E-state index is 0.0316. The van der Waals surface area contributed by atoms with Gasteiger partial charge in [0.05, 0.1) is 4.91 Å². The van der Waals surface area contributed by atoms with Crippen molar-refractivity contribution in [3.63, 3.8) is 0 Å². The number of primary amides is 1. The van der Waals surface area contributed by atoms with Crippen molar-refractivity contribution in [3.8, 4) is 0 Å². The molecule has 1 heterocycles. The zero-order valence-electron chi connectivity index (χ0n) is 15.7. The van der Waals surface area contributed by atoms with Crippen molar-refractivity contribution < 1.29 is 24.3 Å². The van der Waals surface area contributed by atoms with Crippen LogP contribution in [0, 0.1) is 6.92 Å². The maximum atomic E-state index is 12.6. The monoisotopic (exact) mass is 435 g/mol. The Morgan fingerprint density at radius 2 is 1.93 bits per heavy atom. The molecule has 1 fully saturated rings. The lowest BCUT2D eigenvalue weighted by molar-refractivity contribution is -0.142. The second-order valence-electron chi connectivity index (χ2n) is 6.46. The summed E-state index contributed by atoms with van der Waals surface area (Å²) in [5, 5.41) is 11.5. The smallest absolute Gasteiger partial charge is 0.326 e. The summed E-state index contributed by atoms with van der Waals surface area (Å²) < 4.78 is 0.338. The molecule has 0 spiro atoms. The lowest BCUT2D eigenvalue weighted by Gasteiger charge is -2.16. The zero-order valence-corrected chi connectivity index (χ0v) is 17.3. The number of carboxylic acids is 1. The molecule has 1 saturated heterocycles. The Morgan fingerprint density at radius 3 is 2.52 bits per heavy atom. The maximum Gasteiger partial charge on any atom is 0.326 e. The van der Waals surface area contributed by atoms with Crippen molar-refractivity contribution in [2.75, 3.05) is 6.54 Å². The quantitative estimate of drug-likeness (QED) is 0.395. The highest BCUT2D eigenvalue weighted by molar-refractivity contribution is 8.26. The minimum atomic E-state index is -1.26. The topological polar surface area (TPSA) is 130 Å². The van der Waals surface area contributed by atoms with Crippen LogP contribution in [0.1, 0.15) is 30.4 Å². The number of carbonyl (C=O) groups excluding carboxylic acids is 3. The number of aryl methyl sites for hydroxylation is 1. The summed E-state index contributed by atoms with van der Waals surface area (Å²) in [4.78, 5) is 48.4. The average molecular weight is 436 g/mol. The fourth-order valence-electron chi connectivity index (χ4n) is 2.53. The Labute approximate surface area is 177 Å². The van der Waals surface area contributed by atoms with E-state index < -0.39 is 23.8 Å². The number of nitrogens with two attached hydrogens (primary N) is 1. The molecule has 0 aliphatic carbocycles. The van der Waals surface area contributed by atoms with Crippen LogP contribution in [-0.2, 0) is 19.2 Å². The largest absolute Gasteiger partial charge is 0.480 e. The lowest BCUT2D eigenvalue weighted by atomic mass is 10.1. The summed E-state index contributed by atoms with van der Waals surface area (Å²) in [6.45, 7) is 2.00. The van der Waals surface area contributed by atoms with Crippen molar-refractivity contribution in [1.82, 2.24) is 10.2 Å². The van der Waals surface area contributed by atoms with Crippen molar-refractivity contribution in [1.29, 1.82) is 0 Å². The first-order valence-electron chi connectivity index (χ1n) is 8.80. The van der Waals surface area contributed by atoms with E-state index in [9.17, 15) is 19.2 Å². The highest BCUT2D eigenvalue weighted by Gasteiger charge is 2.32. The fraction of sp³-hybridized carbons (Fsp3) is 0.316. The van der Waals surface area contributed by atoms with Crippen molar-refractivity contribution in [2.45, 2.75) is 32.2 Å². The van der Waals surface area contributed by atoms with Gasteiger partial charge in [-0.25, -0.2) is 4.79 Å². The molecule has 0 saturated carbocycles. The number of thioether (sulfide) groups is 1. The van der Waals surface area contributed by atoms with Crippen molar-refractivity contribution in [3.05, 3.63) is 40.3 Å². The third-order valence-electron chi connectivity index (χ3n) is 4.12. The molecule has 29 heavy (non-hydrogen) atoms. The van der Waals surface area contributed by atoms with E-state index in [1.807, 2.05) is 31.2 Å². The van der Waals surface area contributed by atoms with Gasteiger partial charge in [0.2, 0.25) is 11.8 Å². The molecule has 0 radical (unpaired) electrons. The van der Waals surface area contributed by atoms with E-state index in [2.05, 4.69) is 5.32 Å². The highest BCUT2D eigenvalue weighted by atomic mass is 32.2. The molecular weight excluding hydrogens is 414 g/mol. The number of aliphatic carboxylic acids is 1. The molecule has 1 aliphatic rings. The second-order valence-corrected chi connectivity index (χ2v) is 8.13. The number of benzene rings is 1. The molecule has 0 aromatic heterocycles. The van der Waals surface area contributed by atoms with Gasteiger partial charge in [0.25, 0.3) is 5.91 Å². The summed E-state index contributed by atoms with van der Waals surface area (Å²) in [7, 11) is 0. The molecule has 1 aromatic carbocycles. The number of rotatable bonds is 9. The number of thiocarbonyl (C=S) groups is 1. The molecule has 154 valence electrons. The van der Waals surface area contributed by atoms with Gasteiger partial charge in [-0.2, -0.15) is 0 Å². The zero-order chi connectivity index (χ0) is 21.6. The van der Waals surface area contributed by atoms with E-state index in [1.54, 1.807) is 6.08 Å². The summed E-state index contributed by atoms with van der Waals surface area (Å²) in [5.41, 5.74) is 6.98. The summed E-state index contributed by atoms with van der Waals surface area (Å²) in [6, 6.07) is 6.45. The Bertz CT molecular complexity index is 867. The van der Waals surface area contributed by atoms with Gasteiger partial charge in [-0.3, -0.25) is 19.3 Å². The SMILES string of the molecule is Cc1ccc(/C=C2/SC(=S)N(CCC(=O)N[C@H](CCC(N)=O)C(=O)O)C2=O)cc1. The van der Waals surface area contributed by atoms with Gasteiger partial charge >= 0.3 is 5.97 Å². The standard InChI is InChI=1S/C19H21N3O5S2/c1-11-2-4-12(5-3-11)10-14-17(25)22(19(28)29-14)9-8-16(24)21-13(18(26)27)6-7-15(20)23/h2-5,10,13H,6-9H2,1H3,(H2,20,23)(H,21,24)(H,26,27)/b14-10+/t13-/m1/s1. The third kappa shape index (κ3) is 6.68. The van der Waals surface area contributed by atoms with Gasteiger partial charge in [-0.1, -0.05) is 53.8 Å². The Hall–Kier alpha value is -2.72. The molecule has 1 atom stereocenters. The van der Waals surface area contributed by atoms with Crippen LogP contribution >= 0.6 is 24.0 Å². The van der Waals surface area contributed by atoms with Crippen LogP contribution in [0.4, 0.5) is 0 Å². The van der Waals surface area contributed by atoms with E-state index in [4.69, 9.17) is 23.1 Å². The molecule has 2 rings (SSSR count). The molecule has 8 nitrogen and oxygen atoms in total. The molecule has 10 heteroatoms. The predicted molar refractivity (Wildman–Crippen MR) is 114 cm³/mol. The molecular formula is C19H21N3O5S2. The second kappa shape index (κ2) is 10.2. The van der Waals surface area contributed by atoms with E-state index in [1.165, 1.54) is 4.90 Å². The van der Waals surface area contributed by atoms with E-state index in [0.717, 1.165) is 22.9 Å². The third-order valence-corrected chi connectivity index (χ3v) is 5.50. The first kappa shape index (κ1) is 22.6. The van der Waals surface area contributed by atoms with Crippen molar-refractivity contribution in [2.24, 2.45) is 5.73 Å². The summed E-state index contributed by atoms with van der Waals surface area (Å²) in [6.07, 6.45) is 1.36. The molecule has 0 bridgehead atoms. The van der Waals surface area contributed by atoms with Gasteiger partial charge in [0, 0.05) is 19.4 Å². The number of amides is 3. The molecule has 1 aromatic rings. The van der Waals surface area contributed by atoms with Gasteiger partial charge < -0.3 is 16.2 Å². The molecule has 3 amide bonds. The number of nitrogens with zero attached hydrogens (tertiary/aromatic N) is 1. The average Bonchev–Trinajstić information content (AvgIpc) is 2.91. The Morgan fingerprint density at radius 1 is 1.28 bits per heavy atom. The van der Waals surface area contributed by atoms with Crippen LogP contribution in [0.25, 0.3) is 6.08 Å². The van der Waals surface area contributed by atoms with Crippen LogP contribution in [0.15, 0.2) is 29.2 Å². The van der Waals surface area contributed by atoms with E-state index in [-0.39, 0.29) is 31.7 Å². The van der Waals surface area contributed by atoms with E-state index >= 15 is 0 Å². The first-order chi connectivity index (χ1) is 13.7. The van der Waals surface area contributed by atoms with Crippen LogP contribution in [-0.4, -0.2) is 50.6 Å². The van der Waals surface area contributed by atoms with Crippen LogP contribution in [0.5, 0.6) is 0 Å². The highest BCUT2D eigenvalue weighted by Crippen LogP contribution is 2.32. The molecule has 0 unspecified atom stereocenters. The van der Waals surface area contributed by atoms with Gasteiger partial charge in [0.15, 0.2) is 0 Å². The lowest BCUT2D eigenvalue weighted by Crippen LogP contribution is -2.42. The Balaban J connectivity index is 1.94. The predicted octanol–water partition coefficient (Wildman–Crippen LogP) is 1.42.